The third-order valence-corrected chi connectivity index (χ3v) is 1.34. The van der Waals surface area contributed by atoms with Crippen molar-refractivity contribution in [2.75, 3.05) is 0 Å². The van der Waals surface area contributed by atoms with Gasteiger partial charge in [0, 0.05) is 5.56 Å². The van der Waals surface area contributed by atoms with E-state index in [4.69, 9.17) is 9.69 Å². The third-order valence-electron chi connectivity index (χ3n) is 1.34. The topological polar surface area (TPSA) is 0 Å². The molecule has 0 N–H and O–H groups in total. The molecule has 0 spiro atoms. The summed E-state index contributed by atoms with van der Waals surface area (Å²) in [5, 5.41) is 0. The zero-order valence-electron chi connectivity index (χ0n) is 7.04. The Morgan fingerprint density at radius 2 is 1.71 bits per heavy atom. The molecule has 0 aliphatic rings. The first-order chi connectivity index (χ1) is 6.41. The molecule has 1 aromatic rings. The van der Waals surface area contributed by atoms with Gasteiger partial charge in [-0.1, -0.05) is 6.07 Å². The minimum atomic E-state index is -4.64. The van der Waals surface area contributed by atoms with Crippen LogP contribution < -0.4 is 0 Å². The summed E-state index contributed by atoms with van der Waals surface area (Å²) < 4.78 is 48.4. The van der Waals surface area contributed by atoms with E-state index >= 15 is 0 Å². The zero-order valence-corrected chi connectivity index (χ0v) is 10.8. The van der Waals surface area contributed by atoms with E-state index in [2.05, 4.69) is 6.92 Å². The van der Waals surface area contributed by atoms with Crippen molar-refractivity contribution in [2.24, 2.45) is 0 Å². The van der Waals surface area contributed by atoms with Crippen molar-refractivity contribution in [1.82, 2.24) is 0 Å². The molecule has 0 aromatic heterocycles. The molecule has 0 fully saturated rings. The molecule has 0 amide bonds. The van der Waals surface area contributed by atoms with Gasteiger partial charge in [-0.25, -0.2) is 4.39 Å². The average molecular weight is 278 g/mol. The molecule has 1 aromatic carbocycles. The van der Waals surface area contributed by atoms with Gasteiger partial charge < -0.3 is 0 Å². The Balaban J connectivity index is 0.000000791. The van der Waals surface area contributed by atoms with E-state index in [0.29, 0.717) is 6.07 Å². The summed E-state index contributed by atoms with van der Waals surface area (Å²) >= 11 is 0.847. The second-order valence-electron chi connectivity index (χ2n) is 2.31. The molecular formula is C8H5ClF4Zn. The predicted molar refractivity (Wildman–Crippen MR) is 41.7 cm³/mol. The zero-order chi connectivity index (χ0) is 11.4. The summed E-state index contributed by atoms with van der Waals surface area (Å²) in [6.45, 7) is 3.27. The van der Waals surface area contributed by atoms with Crippen LogP contribution in [0.15, 0.2) is 18.2 Å². The molecule has 0 bridgehead atoms. The molecule has 0 radical (unpaired) electrons. The second-order valence-corrected chi connectivity index (χ2v) is 2.31. The summed E-state index contributed by atoms with van der Waals surface area (Å²) in [5.41, 5.74) is -1.13. The van der Waals surface area contributed by atoms with Crippen molar-refractivity contribution >= 4 is 9.69 Å². The van der Waals surface area contributed by atoms with Crippen molar-refractivity contribution in [3.8, 4) is 0 Å². The van der Waals surface area contributed by atoms with E-state index < -0.39 is 17.6 Å². The molecule has 0 saturated carbocycles. The molecular weight excluding hydrogens is 273 g/mol. The Bertz CT molecular complexity index is 298. The van der Waals surface area contributed by atoms with Gasteiger partial charge in [-0.15, -0.1) is 6.07 Å². The van der Waals surface area contributed by atoms with Crippen molar-refractivity contribution in [3.63, 3.8) is 0 Å². The van der Waals surface area contributed by atoms with Crippen LogP contribution in [0.2, 0.25) is 0 Å². The first-order valence-electron chi connectivity index (χ1n) is 3.36. The maximum atomic E-state index is 12.5. The summed E-state index contributed by atoms with van der Waals surface area (Å²) in [5.74, 6) is -1.27. The Morgan fingerprint density at radius 3 is 2.07 bits per heavy atom. The van der Waals surface area contributed by atoms with E-state index in [0.717, 1.165) is 23.4 Å². The van der Waals surface area contributed by atoms with Crippen LogP contribution in [0.1, 0.15) is 11.1 Å². The SMILES string of the molecule is [CH2-]c1ccc(F)c(C(F)(F)F)c1.[Cl][Zn+]. The third kappa shape index (κ3) is 3.85. The summed E-state index contributed by atoms with van der Waals surface area (Å²) in [7, 11) is 4.76. The predicted octanol–water partition coefficient (Wildman–Crippen LogP) is 3.71. The van der Waals surface area contributed by atoms with Crippen LogP contribution in [0.25, 0.3) is 0 Å². The molecule has 6 heteroatoms. The van der Waals surface area contributed by atoms with E-state index in [9.17, 15) is 17.6 Å². The van der Waals surface area contributed by atoms with Crippen LogP contribution in [0.3, 0.4) is 0 Å². The first kappa shape index (κ1) is 13.7. The number of halogens is 5. The van der Waals surface area contributed by atoms with Crippen LogP contribution in [-0.4, -0.2) is 0 Å². The molecule has 1 rings (SSSR count). The minimum absolute atomic E-state index is 0.142. The van der Waals surface area contributed by atoms with E-state index in [-0.39, 0.29) is 5.56 Å². The van der Waals surface area contributed by atoms with E-state index in [1.165, 1.54) is 6.07 Å². The van der Waals surface area contributed by atoms with Crippen LogP contribution in [0.4, 0.5) is 17.6 Å². The normalized spacial score (nSPS) is 10.5. The fourth-order valence-corrected chi connectivity index (χ4v) is 0.790. The molecule has 14 heavy (non-hydrogen) atoms. The van der Waals surface area contributed by atoms with Crippen molar-refractivity contribution in [1.29, 1.82) is 0 Å². The summed E-state index contributed by atoms with van der Waals surface area (Å²) in [6, 6.07) is 2.62. The van der Waals surface area contributed by atoms with Crippen LogP contribution >= 0.6 is 9.69 Å². The first-order valence-corrected chi connectivity index (χ1v) is 7.26. The molecule has 0 aliphatic heterocycles. The molecule has 74 valence electrons. The molecule has 0 aliphatic carbocycles. The number of hydrogen-bond donors (Lipinski definition) is 0. The quantitative estimate of drug-likeness (QED) is 0.385. The molecule has 0 saturated heterocycles. The molecule has 0 heterocycles. The summed E-state index contributed by atoms with van der Waals surface area (Å²) in [6.07, 6.45) is -4.64. The second kappa shape index (κ2) is 5.57. The van der Waals surface area contributed by atoms with Crippen LogP contribution in [-0.2, 0) is 23.5 Å². The summed E-state index contributed by atoms with van der Waals surface area (Å²) in [4.78, 5) is 0. The van der Waals surface area contributed by atoms with Gasteiger partial charge in [0.25, 0.3) is 0 Å². The molecule has 0 atom stereocenters. The van der Waals surface area contributed by atoms with Gasteiger partial charge in [0.15, 0.2) is 0 Å². The van der Waals surface area contributed by atoms with Gasteiger partial charge in [0.2, 0.25) is 0 Å². The monoisotopic (exact) mass is 276 g/mol. The van der Waals surface area contributed by atoms with Crippen LogP contribution in [0.5, 0.6) is 0 Å². The Morgan fingerprint density at radius 1 is 1.21 bits per heavy atom. The molecule has 0 unspecified atom stereocenters. The van der Waals surface area contributed by atoms with Gasteiger partial charge in [-0.05, 0) is 0 Å². The van der Waals surface area contributed by atoms with Crippen LogP contribution in [0, 0.1) is 12.7 Å². The number of hydrogen-bond acceptors (Lipinski definition) is 0. The standard InChI is InChI=1S/C8H5F4.ClH.Zn/c1-5-2-3-7(9)6(4-5)8(10,11)12;;/h2-4H,1H2;1H;/q-1;;+2/p-1. The maximum absolute atomic E-state index is 12.5. The van der Waals surface area contributed by atoms with Gasteiger partial charge >= 0.3 is 33.2 Å². The van der Waals surface area contributed by atoms with Crippen molar-refractivity contribution < 1.29 is 34.9 Å². The Hall–Kier alpha value is -0.277. The van der Waals surface area contributed by atoms with Gasteiger partial charge in [-0.3, -0.25) is 0 Å². The number of benzene rings is 1. The van der Waals surface area contributed by atoms with E-state index in [1.807, 2.05) is 0 Å². The number of alkyl halides is 3. The Kier molecular flexibility index (Phi) is 5.46. The Labute approximate surface area is 93.0 Å². The molecule has 0 nitrogen and oxygen atoms in total. The fraction of sp³-hybridized carbons (Fsp3) is 0.125. The van der Waals surface area contributed by atoms with Gasteiger partial charge in [-0.2, -0.15) is 31.7 Å². The number of rotatable bonds is 0. The van der Waals surface area contributed by atoms with Gasteiger partial charge in [0.05, 0.1) is 0 Å². The van der Waals surface area contributed by atoms with Crippen molar-refractivity contribution in [3.05, 3.63) is 42.1 Å². The fourth-order valence-electron chi connectivity index (χ4n) is 0.790. The van der Waals surface area contributed by atoms with Gasteiger partial charge in [0.1, 0.15) is 5.82 Å². The van der Waals surface area contributed by atoms with Crippen molar-refractivity contribution in [2.45, 2.75) is 6.18 Å². The van der Waals surface area contributed by atoms with E-state index in [1.54, 1.807) is 0 Å². The average Bonchev–Trinajstić information content (AvgIpc) is 2.11.